The van der Waals surface area contributed by atoms with Crippen LogP contribution < -0.4 is 0 Å². The molecule has 3 aromatic heterocycles. The molecule has 122 valence electrons. The van der Waals surface area contributed by atoms with Crippen molar-refractivity contribution in [2.45, 2.75) is 38.1 Å². The molecular weight excluding hydrogens is 314 g/mol. The number of hydrogen-bond donors (Lipinski definition) is 0. The third-order valence-corrected chi connectivity index (χ3v) is 4.37. The van der Waals surface area contributed by atoms with Gasteiger partial charge in [-0.25, -0.2) is 0 Å². The van der Waals surface area contributed by atoms with Crippen LogP contribution in [0.5, 0.6) is 0 Å². The number of furan rings is 1. The number of thioether (sulfide) groups is 1. The second-order valence-corrected chi connectivity index (χ2v) is 6.69. The Hall–Kier alpha value is -2.09. The van der Waals surface area contributed by atoms with Crippen LogP contribution in [0.15, 0.2) is 26.4 Å². The monoisotopic (exact) mass is 333 g/mol. The first kappa shape index (κ1) is 15.8. The van der Waals surface area contributed by atoms with E-state index in [9.17, 15) is 0 Å². The Morgan fingerprint density at radius 3 is 2.83 bits per heavy atom. The summed E-state index contributed by atoms with van der Waals surface area (Å²) in [5, 5.41) is 13.3. The van der Waals surface area contributed by atoms with E-state index in [2.05, 4.69) is 34.2 Å². The Morgan fingerprint density at radius 1 is 1.30 bits per heavy atom. The van der Waals surface area contributed by atoms with Gasteiger partial charge < -0.3 is 13.5 Å². The van der Waals surface area contributed by atoms with Gasteiger partial charge in [0, 0.05) is 13.5 Å². The van der Waals surface area contributed by atoms with E-state index in [1.165, 1.54) is 11.8 Å². The maximum Gasteiger partial charge on any atom is 0.226 e. The average molecular weight is 333 g/mol. The van der Waals surface area contributed by atoms with Crippen LogP contribution in [0, 0.1) is 12.8 Å². The minimum atomic E-state index is 0.496. The Kier molecular flexibility index (Phi) is 4.51. The maximum atomic E-state index is 5.33. The summed E-state index contributed by atoms with van der Waals surface area (Å²) in [5.74, 6) is 4.06. The maximum absolute atomic E-state index is 5.33. The summed E-state index contributed by atoms with van der Waals surface area (Å²) < 4.78 is 12.5. The van der Waals surface area contributed by atoms with Crippen molar-refractivity contribution in [2.24, 2.45) is 13.0 Å². The van der Waals surface area contributed by atoms with Crippen LogP contribution in [0.1, 0.15) is 31.3 Å². The topological polar surface area (TPSA) is 82.8 Å². The third kappa shape index (κ3) is 3.47. The SMILES string of the molecule is Cc1occc1-c1nnc(SCc2noc(CC(C)C)n2)n1C. The lowest BCUT2D eigenvalue weighted by molar-refractivity contribution is 0.360. The molecule has 7 nitrogen and oxygen atoms in total. The minimum Gasteiger partial charge on any atom is -0.469 e. The second kappa shape index (κ2) is 6.57. The van der Waals surface area contributed by atoms with E-state index in [1.807, 2.05) is 24.6 Å². The van der Waals surface area contributed by atoms with Crippen molar-refractivity contribution >= 4 is 11.8 Å². The highest BCUT2D eigenvalue weighted by atomic mass is 32.2. The van der Waals surface area contributed by atoms with Crippen LogP contribution >= 0.6 is 11.8 Å². The van der Waals surface area contributed by atoms with Crippen LogP contribution in [0.3, 0.4) is 0 Å². The molecule has 0 N–H and O–H groups in total. The molecule has 0 amide bonds. The molecule has 0 saturated heterocycles. The van der Waals surface area contributed by atoms with Gasteiger partial charge in [-0.15, -0.1) is 10.2 Å². The summed E-state index contributed by atoms with van der Waals surface area (Å²) in [6.45, 7) is 6.15. The first-order chi connectivity index (χ1) is 11.0. The van der Waals surface area contributed by atoms with E-state index < -0.39 is 0 Å². The van der Waals surface area contributed by atoms with Gasteiger partial charge in [-0.1, -0.05) is 30.8 Å². The molecule has 0 atom stereocenters. The molecule has 0 aromatic carbocycles. The highest BCUT2D eigenvalue weighted by molar-refractivity contribution is 7.98. The molecule has 0 bridgehead atoms. The minimum absolute atomic E-state index is 0.496. The fourth-order valence-corrected chi connectivity index (χ4v) is 2.96. The first-order valence-electron chi connectivity index (χ1n) is 7.42. The average Bonchev–Trinajstić information content (AvgIpc) is 3.18. The quantitative estimate of drug-likeness (QED) is 0.640. The first-order valence-corrected chi connectivity index (χ1v) is 8.41. The molecule has 0 fully saturated rings. The van der Waals surface area contributed by atoms with Gasteiger partial charge in [0.15, 0.2) is 16.8 Å². The smallest absolute Gasteiger partial charge is 0.226 e. The molecule has 0 radical (unpaired) electrons. The third-order valence-electron chi connectivity index (χ3n) is 3.36. The second-order valence-electron chi connectivity index (χ2n) is 5.75. The van der Waals surface area contributed by atoms with Crippen molar-refractivity contribution in [3.05, 3.63) is 29.8 Å². The highest BCUT2D eigenvalue weighted by Gasteiger charge is 2.16. The molecule has 3 aromatic rings. The molecule has 23 heavy (non-hydrogen) atoms. The molecule has 0 saturated carbocycles. The highest BCUT2D eigenvalue weighted by Crippen LogP contribution is 2.27. The van der Waals surface area contributed by atoms with Crippen molar-refractivity contribution in [2.75, 3.05) is 0 Å². The number of aryl methyl sites for hydroxylation is 1. The number of rotatable bonds is 6. The predicted molar refractivity (Wildman–Crippen MR) is 85.8 cm³/mol. The largest absolute Gasteiger partial charge is 0.469 e. The zero-order valence-electron chi connectivity index (χ0n) is 13.6. The van der Waals surface area contributed by atoms with Gasteiger partial charge in [0.25, 0.3) is 0 Å². The van der Waals surface area contributed by atoms with Crippen molar-refractivity contribution in [3.8, 4) is 11.4 Å². The van der Waals surface area contributed by atoms with Crippen molar-refractivity contribution in [1.29, 1.82) is 0 Å². The van der Waals surface area contributed by atoms with E-state index in [0.717, 1.165) is 28.7 Å². The van der Waals surface area contributed by atoms with E-state index in [0.29, 0.717) is 23.4 Å². The molecular formula is C15H19N5O2S. The van der Waals surface area contributed by atoms with Crippen LogP contribution in [-0.2, 0) is 19.2 Å². The summed E-state index contributed by atoms with van der Waals surface area (Å²) in [6.07, 6.45) is 2.45. The Balaban J connectivity index is 1.68. The van der Waals surface area contributed by atoms with E-state index in [-0.39, 0.29) is 0 Å². The van der Waals surface area contributed by atoms with Gasteiger partial charge in [-0.2, -0.15) is 4.98 Å². The lowest BCUT2D eigenvalue weighted by Crippen LogP contribution is -1.96. The standard InChI is InChI=1S/C15H19N5O2S/c1-9(2)7-13-16-12(19-22-13)8-23-15-18-17-14(20(15)4)11-5-6-21-10(11)3/h5-6,9H,7-8H2,1-4H3. The van der Waals surface area contributed by atoms with Gasteiger partial charge in [-0.3, -0.25) is 0 Å². The van der Waals surface area contributed by atoms with Crippen LogP contribution in [0.2, 0.25) is 0 Å². The summed E-state index contributed by atoms with van der Waals surface area (Å²) >= 11 is 1.53. The van der Waals surface area contributed by atoms with Gasteiger partial charge in [-0.05, 0) is 18.9 Å². The lowest BCUT2D eigenvalue weighted by atomic mass is 10.1. The van der Waals surface area contributed by atoms with Gasteiger partial charge in [0.2, 0.25) is 5.89 Å². The number of aromatic nitrogens is 5. The van der Waals surface area contributed by atoms with Crippen molar-refractivity contribution in [3.63, 3.8) is 0 Å². The van der Waals surface area contributed by atoms with Crippen molar-refractivity contribution < 1.29 is 8.94 Å². The fraction of sp³-hybridized carbons (Fsp3) is 0.467. The van der Waals surface area contributed by atoms with E-state index in [4.69, 9.17) is 8.94 Å². The molecule has 0 unspecified atom stereocenters. The zero-order valence-corrected chi connectivity index (χ0v) is 14.4. The summed E-state index contributed by atoms with van der Waals surface area (Å²) in [5.41, 5.74) is 0.950. The molecule has 0 aliphatic heterocycles. The number of hydrogen-bond acceptors (Lipinski definition) is 7. The van der Waals surface area contributed by atoms with Crippen LogP contribution in [-0.4, -0.2) is 24.9 Å². The summed E-state index contributed by atoms with van der Waals surface area (Å²) in [4.78, 5) is 4.39. The summed E-state index contributed by atoms with van der Waals surface area (Å²) in [6, 6.07) is 1.89. The van der Waals surface area contributed by atoms with Crippen LogP contribution in [0.25, 0.3) is 11.4 Å². The summed E-state index contributed by atoms with van der Waals surface area (Å²) in [7, 11) is 1.94. The Bertz CT molecular complexity index is 789. The fourth-order valence-electron chi connectivity index (χ4n) is 2.20. The van der Waals surface area contributed by atoms with E-state index >= 15 is 0 Å². The molecule has 8 heteroatoms. The van der Waals surface area contributed by atoms with Crippen molar-refractivity contribution in [1.82, 2.24) is 24.9 Å². The molecule has 0 aliphatic rings. The molecule has 3 heterocycles. The van der Waals surface area contributed by atoms with Gasteiger partial charge in [0.1, 0.15) is 5.76 Å². The molecule has 3 rings (SSSR count). The predicted octanol–water partition coefficient (Wildman–Crippen LogP) is 3.26. The normalized spacial score (nSPS) is 11.5. The van der Waals surface area contributed by atoms with Crippen LogP contribution in [0.4, 0.5) is 0 Å². The Morgan fingerprint density at radius 2 is 2.13 bits per heavy atom. The number of nitrogens with zero attached hydrogens (tertiary/aromatic N) is 5. The Labute approximate surface area is 138 Å². The zero-order chi connectivity index (χ0) is 16.4. The van der Waals surface area contributed by atoms with Gasteiger partial charge in [0.05, 0.1) is 17.6 Å². The lowest BCUT2D eigenvalue weighted by Gasteiger charge is -2.01. The van der Waals surface area contributed by atoms with E-state index in [1.54, 1.807) is 6.26 Å². The molecule has 0 aliphatic carbocycles. The van der Waals surface area contributed by atoms with Gasteiger partial charge >= 0.3 is 0 Å². The molecule has 0 spiro atoms.